The van der Waals surface area contributed by atoms with Crippen molar-refractivity contribution in [2.75, 3.05) is 4.72 Å². The second-order valence-corrected chi connectivity index (χ2v) is 7.86. The number of benzene rings is 1. The predicted molar refractivity (Wildman–Crippen MR) is 92.0 cm³/mol. The van der Waals surface area contributed by atoms with E-state index in [4.69, 9.17) is 16.3 Å². The van der Waals surface area contributed by atoms with E-state index in [9.17, 15) is 8.42 Å². The third kappa shape index (κ3) is 3.29. The standard InChI is InChI=1S/C14H14ClN3O3S2/c1-8(2)21-14-12(7-22-17-14)18-23(19,20)13-6-16-11-5-9(15)3-4-10(11)13/h3-8,16,18H,1-2H3. The van der Waals surface area contributed by atoms with Gasteiger partial charge in [0, 0.05) is 27.5 Å². The maximum absolute atomic E-state index is 12.7. The Morgan fingerprint density at radius 2 is 2.17 bits per heavy atom. The number of fused-ring (bicyclic) bond motifs is 1. The van der Waals surface area contributed by atoms with Gasteiger partial charge in [-0.2, -0.15) is 4.37 Å². The van der Waals surface area contributed by atoms with Crippen molar-refractivity contribution in [1.29, 1.82) is 0 Å². The lowest BCUT2D eigenvalue weighted by atomic mass is 10.2. The molecule has 0 saturated heterocycles. The highest BCUT2D eigenvalue weighted by Crippen LogP contribution is 2.31. The lowest BCUT2D eigenvalue weighted by molar-refractivity contribution is 0.236. The highest BCUT2D eigenvalue weighted by molar-refractivity contribution is 7.93. The molecule has 0 aliphatic carbocycles. The normalized spacial score (nSPS) is 12.0. The summed E-state index contributed by atoms with van der Waals surface area (Å²) in [6.07, 6.45) is 1.34. The number of nitrogens with zero attached hydrogens (tertiary/aromatic N) is 1. The highest BCUT2D eigenvalue weighted by Gasteiger charge is 2.22. The highest BCUT2D eigenvalue weighted by atomic mass is 35.5. The number of sulfonamides is 1. The molecule has 0 radical (unpaired) electrons. The zero-order valence-electron chi connectivity index (χ0n) is 12.3. The average molecular weight is 372 g/mol. The molecule has 3 aromatic rings. The van der Waals surface area contributed by atoms with Crippen LogP contribution in [0.2, 0.25) is 5.02 Å². The molecule has 23 heavy (non-hydrogen) atoms. The summed E-state index contributed by atoms with van der Waals surface area (Å²) in [5.74, 6) is 0.275. The van der Waals surface area contributed by atoms with Gasteiger partial charge in [-0.1, -0.05) is 11.6 Å². The third-order valence-electron chi connectivity index (χ3n) is 3.02. The quantitative estimate of drug-likeness (QED) is 0.713. The number of halogens is 1. The summed E-state index contributed by atoms with van der Waals surface area (Å²) in [4.78, 5) is 3.06. The first-order chi connectivity index (χ1) is 10.9. The van der Waals surface area contributed by atoms with E-state index in [0.717, 1.165) is 11.5 Å². The smallest absolute Gasteiger partial charge is 0.264 e. The molecule has 0 fully saturated rings. The van der Waals surface area contributed by atoms with Crippen LogP contribution in [-0.2, 0) is 10.0 Å². The molecule has 0 atom stereocenters. The summed E-state index contributed by atoms with van der Waals surface area (Å²) in [5.41, 5.74) is 0.979. The second-order valence-electron chi connectivity index (χ2n) is 5.15. The number of hydrogen-bond donors (Lipinski definition) is 2. The molecule has 0 amide bonds. The molecule has 2 heterocycles. The summed E-state index contributed by atoms with van der Waals surface area (Å²) >= 11 is 7.04. The van der Waals surface area contributed by atoms with Crippen molar-refractivity contribution in [3.8, 4) is 5.88 Å². The van der Waals surface area contributed by atoms with Crippen molar-refractivity contribution in [2.24, 2.45) is 0 Å². The largest absolute Gasteiger partial charge is 0.473 e. The number of aromatic amines is 1. The van der Waals surface area contributed by atoms with Crippen molar-refractivity contribution >= 4 is 49.7 Å². The Morgan fingerprint density at radius 1 is 1.39 bits per heavy atom. The van der Waals surface area contributed by atoms with Crippen molar-refractivity contribution in [2.45, 2.75) is 24.8 Å². The van der Waals surface area contributed by atoms with Crippen molar-refractivity contribution in [3.63, 3.8) is 0 Å². The van der Waals surface area contributed by atoms with Gasteiger partial charge in [0.25, 0.3) is 10.0 Å². The van der Waals surface area contributed by atoms with Gasteiger partial charge in [0.15, 0.2) is 0 Å². The molecule has 3 rings (SSSR count). The van der Waals surface area contributed by atoms with Crippen LogP contribution < -0.4 is 9.46 Å². The Kier molecular flexibility index (Phi) is 4.22. The number of nitrogens with one attached hydrogen (secondary N) is 2. The Labute approximate surface area is 142 Å². The number of H-pyrrole nitrogens is 1. The molecule has 0 aliphatic heterocycles. The van der Waals surface area contributed by atoms with Crippen LogP contribution in [0, 0.1) is 0 Å². The fraction of sp³-hybridized carbons (Fsp3) is 0.214. The minimum atomic E-state index is -3.78. The minimum Gasteiger partial charge on any atom is -0.473 e. The monoisotopic (exact) mass is 371 g/mol. The summed E-state index contributed by atoms with van der Waals surface area (Å²) in [6.45, 7) is 3.70. The molecular formula is C14H14ClN3O3S2. The van der Waals surface area contributed by atoms with Gasteiger partial charge in [-0.15, -0.1) is 0 Å². The predicted octanol–water partition coefficient (Wildman–Crippen LogP) is 3.87. The second kappa shape index (κ2) is 6.03. The van der Waals surface area contributed by atoms with Gasteiger partial charge in [-0.3, -0.25) is 4.72 Å². The summed E-state index contributed by atoms with van der Waals surface area (Å²) < 4.78 is 37.4. The van der Waals surface area contributed by atoms with E-state index in [1.807, 2.05) is 13.8 Å². The molecule has 1 aromatic carbocycles. The van der Waals surface area contributed by atoms with Crippen LogP contribution in [0.25, 0.3) is 10.9 Å². The van der Waals surface area contributed by atoms with Crippen molar-refractivity contribution in [1.82, 2.24) is 9.36 Å². The van der Waals surface area contributed by atoms with Crippen LogP contribution in [0.1, 0.15) is 13.8 Å². The number of anilines is 1. The Hall–Kier alpha value is -1.77. The van der Waals surface area contributed by atoms with Crippen molar-refractivity contribution in [3.05, 3.63) is 34.8 Å². The molecule has 0 spiro atoms. The lowest BCUT2D eigenvalue weighted by Crippen LogP contribution is -2.14. The molecule has 0 unspecified atom stereocenters. The molecular weight excluding hydrogens is 358 g/mol. The fourth-order valence-electron chi connectivity index (χ4n) is 2.10. The van der Waals surface area contributed by atoms with Crippen LogP contribution in [0.5, 0.6) is 5.88 Å². The van der Waals surface area contributed by atoms with E-state index in [-0.39, 0.29) is 16.9 Å². The van der Waals surface area contributed by atoms with Gasteiger partial charge in [-0.05, 0) is 43.6 Å². The molecule has 0 bridgehead atoms. The number of ether oxygens (including phenoxy) is 1. The zero-order valence-corrected chi connectivity index (χ0v) is 14.7. The third-order valence-corrected chi connectivity index (χ3v) is 5.28. The van der Waals surface area contributed by atoms with Crippen LogP contribution in [0.15, 0.2) is 34.7 Å². The zero-order chi connectivity index (χ0) is 16.6. The van der Waals surface area contributed by atoms with Gasteiger partial charge >= 0.3 is 0 Å². The van der Waals surface area contributed by atoms with Gasteiger partial charge in [0.2, 0.25) is 5.88 Å². The van der Waals surface area contributed by atoms with Crippen LogP contribution >= 0.6 is 23.1 Å². The van der Waals surface area contributed by atoms with E-state index in [0.29, 0.717) is 21.6 Å². The fourth-order valence-corrected chi connectivity index (χ4v) is 4.13. The Balaban J connectivity index is 1.97. The van der Waals surface area contributed by atoms with Gasteiger partial charge in [-0.25, -0.2) is 8.42 Å². The van der Waals surface area contributed by atoms with E-state index in [1.165, 1.54) is 6.20 Å². The van der Waals surface area contributed by atoms with Crippen LogP contribution in [-0.4, -0.2) is 23.9 Å². The lowest BCUT2D eigenvalue weighted by Gasteiger charge is -2.10. The first-order valence-corrected chi connectivity index (χ1v) is 9.47. The first kappa shape index (κ1) is 16.1. The Morgan fingerprint density at radius 3 is 2.91 bits per heavy atom. The van der Waals surface area contributed by atoms with Crippen molar-refractivity contribution < 1.29 is 13.2 Å². The van der Waals surface area contributed by atoms with Gasteiger partial charge in [0.05, 0.1) is 6.10 Å². The average Bonchev–Trinajstić information content (AvgIpc) is 3.05. The SMILES string of the molecule is CC(C)Oc1nscc1NS(=O)(=O)c1c[nH]c2cc(Cl)ccc12. The number of hydrogen-bond acceptors (Lipinski definition) is 5. The molecule has 2 aromatic heterocycles. The van der Waals surface area contributed by atoms with E-state index in [2.05, 4.69) is 14.1 Å². The molecule has 122 valence electrons. The first-order valence-electron chi connectivity index (χ1n) is 6.77. The van der Waals surface area contributed by atoms with Gasteiger partial charge in [0.1, 0.15) is 10.6 Å². The van der Waals surface area contributed by atoms with E-state index < -0.39 is 10.0 Å². The van der Waals surface area contributed by atoms with Gasteiger partial charge < -0.3 is 9.72 Å². The maximum Gasteiger partial charge on any atom is 0.264 e. The summed E-state index contributed by atoms with van der Waals surface area (Å²) in [5, 5.41) is 2.70. The summed E-state index contributed by atoms with van der Waals surface area (Å²) in [6, 6.07) is 4.99. The number of aromatic nitrogens is 2. The topological polar surface area (TPSA) is 84.1 Å². The molecule has 2 N–H and O–H groups in total. The van der Waals surface area contributed by atoms with Crippen LogP contribution in [0.4, 0.5) is 5.69 Å². The van der Waals surface area contributed by atoms with E-state index >= 15 is 0 Å². The molecule has 9 heteroatoms. The summed E-state index contributed by atoms with van der Waals surface area (Å²) in [7, 11) is -3.78. The van der Waals surface area contributed by atoms with E-state index in [1.54, 1.807) is 23.6 Å². The Bertz CT molecular complexity index is 947. The maximum atomic E-state index is 12.7. The van der Waals surface area contributed by atoms with Crippen LogP contribution in [0.3, 0.4) is 0 Å². The molecule has 6 nitrogen and oxygen atoms in total. The molecule has 0 aliphatic rings. The number of rotatable bonds is 5. The minimum absolute atomic E-state index is 0.101. The molecule has 0 saturated carbocycles.